The van der Waals surface area contributed by atoms with E-state index in [9.17, 15) is 4.79 Å². The third-order valence-corrected chi connectivity index (χ3v) is 3.68. The standard InChI is InChI=1S/C17H18BrN3O2/c1-12(13-3-5-14(18)6-4-13)20-21-17(22)11-19-15-7-9-16(23-2)10-8-15/h3-10,19H,11H2,1-2H3,(H,21,22)/b20-12+. The molecular weight excluding hydrogens is 358 g/mol. The molecule has 0 fully saturated rings. The van der Waals surface area contributed by atoms with Crippen LogP contribution < -0.4 is 15.5 Å². The first-order valence-electron chi connectivity index (χ1n) is 7.05. The average molecular weight is 376 g/mol. The molecule has 2 aromatic rings. The van der Waals surface area contributed by atoms with Crippen LogP contribution in [0.25, 0.3) is 0 Å². The fourth-order valence-electron chi connectivity index (χ4n) is 1.83. The van der Waals surface area contributed by atoms with Gasteiger partial charge in [0.25, 0.3) is 5.91 Å². The molecule has 0 aliphatic carbocycles. The molecule has 0 aliphatic rings. The van der Waals surface area contributed by atoms with Crippen molar-refractivity contribution in [1.82, 2.24) is 5.43 Å². The number of benzene rings is 2. The summed E-state index contributed by atoms with van der Waals surface area (Å²) in [6.45, 7) is 1.99. The average Bonchev–Trinajstić information content (AvgIpc) is 2.59. The van der Waals surface area contributed by atoms with Crippen molar-refractivity contribution in [2.45, 2.75) is 6.92 Å². The Morgan fingerprint density at radius 2 is 1.78 bits per heavy atom. The zero-order chi connectivity index (χ0) is 16.7. The third kappa shape index (κ3) is 5.41. The molecule has 5 nitrogen and oxygen atoms in total. The first-order chi connectivity index (χ1) is 11.1. The van der Waals surface area contributed by atoms with Gasteiger partial charge < -0.3 is 10.1 Å². The maximum absolute atomic E-state index is 11.8. The highest BCUT2D eigenvalue weighted by molar-refractivity contribution is 9.10. The van der Waals surface area contributed by atoms with Crippen molar-refractivity contribution in [3.05, 3.63) is 58.6 Å². The molecular formula is C17H18BrN3O2. The number of amides is 1. The first kappa shape index (κ1) is 17.0. The van der Waals surface area contributed by atoms with Gasteiger partial charge in [-0.3, -0.25) is 4.79 Å². The summed E-state index contributed by atoms with van der Waals surface area (Å²) in [5.74, 6) is 0.562. The number of methoxy groups -OCH3 is 1. The molecule has 2 N–H and O–H groups in total. The molecule has 0 saturated carbocycles. The van der Waals surface area contributed by atoms with Crippen LogP contribution >= 0.6 is 15.9 Å². The van der Waals surface area contributed by atoms with Crippen molar-refractivity contribution >= 4 is 33.2 Å². The molecule has 0 spiro atoms. The van der Waals surface area contributed by atoms with Gasteiger partial charge >= 0.3 is 0 Å². The van der Waals surface area contributed by atoms with E-state index in [0.29, 0.717) is 0 Å². The lowest BCUT2D eigenvalue weighted by molar-refractivity contribution is -0.119. The molecule has 23 heavy (non-hydrogen) atoms. The topological polar surface area (TPSA) is 62.7 Å². The Kier molecular flexibility index (Phi) is 6.17. The second-order valence-corrected chi connectivity index (χ2v) is 5.74. The van der Waals surface area contributed by atoms with Gasteiger partial charge in [-0.15, -0.1) is 0 Å². The lowest BCUT2D eigenvalue weighted by Gasteiger charge is -2.07. The second kappa shape index (κ2) is 8.33. The molecule has 2 aromatic carbocycles. The molecule has 120 valence electrons. The van der Waals surface area contributed by atoms with E-state index in [-0.39, 0.29) is 12.5 Å². The van der Waals surface area contributed by atoms with Crippen LogP contribution in [0.3, 0.4) is 0 Å². The van der Waals surface area contributed by atoms with E-state index in [1.54, 1.807) is 7.11 Å². The van der Waals surface area contributed by atoms with Crippen LogP contribution in [-0.4, -0.2) is 25.3 Å². The van der Waals surface area contributed by atoms with Gasteiger partial charge in [0.05, 0.1) is 19.4 Å². The van der Waals surface area contributed by atoms with E-state index in [2.05, 4.69) is 31.8 Å². The summed E-state index contributed by atoms with van der Waals surface area (Å²) in [4.78, 5) is 11.8. The number of halogens is 1. The maximum Gasteiger partial charge on any atom is 0.259 e. The SMILES string of the molecule is COc1ccc(NCC(=O)N/N=C(\C)c2ccc(Br)cc2)cc1. The molecule has 0 aromatic heterocycles. The van der Waals surface area contributed by atoms with Crippen molar-refractivity contribution in [3.8, 4) is 5.75 Å². The van der Waals surface area contributed by atoms with Crippen LogP contribution in [-0.2, 0) is 4.79 Å². The van der Waals surface area contributed by atoms with Crippen molar-refractivity contribution < 1.29 is 9.53 Å². The zero-order valence-electron chi connectivity index (χ0n) is 13.0. The van der Waals surface area contributed by atoms with Crippen molar-refractivity contribution in [3.63, 3.8) is 0 Å². The van der Waals surface area contributed by atoms with Crippen molar-refractivity contribution in [2.75, 3.05) is 19.0 Å². The molecule has 0 unspecified atom stereocenters. The Labute approximate surface area is 143 Å². The van der Waals surface area contributed by atoms with Crippen LogP contribution in [0.4, 0.5) is 5.69 Å². The molecule has 0 radical (unpaired) electrons. The number of nitrogens with zero attached hydrogens (tertiary/aromatic N) is 1. The summed E-state index contributed by atoms with van der Waals surface area (Å²) in [7, 11) is 1.61. The lowest BCUT2D eigenvalue weighted by Crippen LogP contribution is -2.26. The minimum Gasteiger partial charge on any atom is -0.497 e. The number of carbonyl (C=O) groups excluding carboxylic acids is 1. The molecule has 0 aliphatic heterocycles. The summed E-state index contributed by atoms with van der Waals surface area (Å²) in [6.07, 6.45) is 0. The van der Waals surface area contributed by atoms with Crippen molar-refractivity contribution in [1.29, 1.82) is 0 Å². The predicted octanol–water partition coefficient (Wildman–Crippen LogP) is 3.41. The predicted molar refractivity (Wildman–Crippen MR) is 96.0 cm³/mol. The third-order valence-electron chi connectivity index (χ3n) is 3.15. The highest BCUT2D eigenvalue weighted by Gasteiger charge is 2.02. The quantitative estimate of drug-likeness (QED) is 0.600. The zero-order valence-corrected chi connectivity index (χ0v) is 14.6. The van der Waals surface area contributed by atoms with Crippen LogP contribution in [0.2, 0.25) is 0 Å². The van der Waals surface area contributed by atoms with Gasteiger partial charge in [0.1, 0.15) is 5.75 Å². The number of nitrogens with one attached hydrogen (secondary N) is 2. The van der Waals surface area contributed by atoms with E-state index in [0.717, 1.165) is 27.2 Å². The minimum atomic E-state index is -0.211. The number of carbonyl (C=O) groups is 1. The summed E-state index contributed by atoms with van der Waals surface area (Å²) in [5, 5.41) is 7.13. The Balaban J connectivity index is 1.84. The lowest BCUT2D eigenvalue weighted by atomic mass is 10.1. The van der Waals surface area contributed by atoms with E-state index in [1.165, 1.54) is 0 Å². The molecule has 0 saturated heterocycles. The van der Waals surface area contributed by atoms with Gasteiger partial charge in [-0.2, -0.15) is 5.10 Å². The van der Waals surface area contributed by atoms with Gasteiger partial charge in [-0.05, 0) is 48.9 Å². The Morgan fingerprint density at radius 1 is 1.13 bits per heavy atom. The smallest absolute Gasteiger partial charge is 0.259 e. The molecule has 1 amide bonds. The number of hydrogen-bond donors (Lipinski definition) is 2. The van der Waals surface area contributed by atoms with Crippen LogP contribution in [0.5, 0.6) is 5.75 Å². The van der Waals surface area contributed by atoms with E-state index in [1.807, 2.05) is 55.5 Å². The number of anilines is 1. The second-order valence-electron chi connectivity index (χ2n) is 4.82. The van der Waals surface area contributed by atoms with Gasteiger partial charge in [-0.1, -0.05) is 28.1 Å². The monoisotopic (exact) mass is 375 g/mol. The largest absolute Gasteiger partial charge is 0.497 e. The summed E-state index contributed by atoms with van der Waals surface area (Å²) in [6, 6.07) is 15.1. The fourth-order valence-corrected chi connectivity index (χ4v) is 2.10. The molecule has 6 heteroatoms. The summed E-state index contributed by atoms with van der Waals surface area (Å²) in [5.41, 5.74) is 5.08. The molecule has 0 bridgehead atoms. The minimum absolute atomic E-state index is 0.142. The van der Waals surface area contributed by atoms with Crippen LogP contribution in [0.1, 0.15) is 12.5 Å². The highest BCUT2D eigenvalue weighted by Crippen LogP contribution is 2.14. The van der Waals surface area contributed by atoms with E-state index in [4.69, 9.17) is 4.74 Å². The van der Waals surface area contributed by atoms with Gasteiger partial charge in [0, 0.05) is 10.2 Å². The normalized spacial score (nSPS) is 11.0. The van der Waals surface area contributed by atoms with Crippen LogP contribution in [0, 0.1) is 0 Å². The molecule has 2 rings (SSSR count). The number of hydrazone groups is 1. The number of rotatable bonds is 6. The summed E-state index contributed by atoms with van der Waals surface area (Å²) < 4.78 is 6.08. The first-order valence-corrected chi connectivity index (χ1v) is 7.85. The van der Waals surface area contributed by atoms with Crippen molar-refractivity contribution in [2.24, 2.45) is 5.10 Å². The highest BCUT2D eigenvalue weighted by atomic mass is 79.9. The molecule has 0 heterocycles. The van der Waals surface area contributed by atoms with Gasteiger partial charge in [-0.25, -0.2) is 5.43 Å². The number of hydrogen-bond acceptors (Lipinski definition) is 4. The Hall–Kier alpha value is -2.34. The van der Waals surface area contributed by atoms with Crippen LogP contribution in [0.15, 0.2) is 58.1 Å². The maximum atomic E-state index is 11.8. The van der Waals surface area contributed by atoms with E-state index >= 15 is 0 Å². The van der Waals surface area contributed by atoms with Gasteiger partial charge in [0.2, 0.25) is 0 Å². The Bertz CT molecular complexity index is 682. The number of ether oxygens (including phenoxy) is 1. The van der Waals surface area contributed by atoms with Gasteiger partial charge in [0.15, 0.2) is 0 Å². The van der Waals surface area contributed by atoms with E-state index < -0.39 is 0 Å². The Morgan fingerprint density at radius 3 is 2.39 bits per heavy atom. The summed E-state index contributed by atoms with van der Waals surface area (Å²) >= 11 is 3.38. The molecule has 0 atom stereocenters. The fraction of sp³-hybridized carbons (Fsp3) is 0.176.